The summed E-state index contributed by atoms with van der Waals surface area (Å²) in [5.74, 6) is 0. The molecule has 0 aliphatic rings. The number of hydrogen-bond acceptors (Lipinski definition) is 3. The minimum Gasteiger partial charge on any atom is -0.396 e. The lowest BCUT2D eigenvalue weighted by Gasteiger charge is -2.31. The Hall–Kier alpha value is 0.100. The first kappa shape index (κ1) is 15.2. The van der Waals surface area contributed by atoms with Crippen LogP contribution in [0.5, 0.6) is 0 Å². The third kappa shape index (κ3) is 5.08. The largest absolute Gasteiger partial charge is 0.396 e. The van der Waals surface area contributed by atoms with Crippen molar-refractivity contribution in [3.05, 3.63) is 20.8 Å². The minimum absolute atomic E-state index is 0.0246. The molecule has 1 aromatic rings. The van der Waals surface area contributed by atoms with Crippen LogP contribution in [0.1, 0.15) is 32.3 Å². The van der Waals surface area contributed by atoms with Crippen molar-refractivity contribution in [1.82, 2.24) is 4.90 Å². The van der Waals surface area contributed by atoms with Gasteiger partial charge in [0.05, 0.1) is 3.79 Å². The van der Waals surface area contributed by atoms with Crippen LogP contribution in [-0.4, -0.2) is 30.2 Å². The number of halogens is 1. The van der Waals surface area contributed by atoms with Crippen molar-refractivity contribution in [2.24, 2.45) is 5.41 Å². The SMILES string of the molecule is CCCC(C)(CO)CN(C)Cc1csc(Br)c1. The summed E-state index contributed by atoms with van der Waals surface area (Å²) in [6.45, 7) is 6.48. The van der Waals surface area contributed by atoms with Gasteiger partial charge in [-0.25, -0.2) is 0 Å². The van der Waals surface area contributed by atoms with Crippen LogP contribution in [0.2, 0.25) is 0 Å². The molecule has 0 radical (unpaired) electrons. The van der Waals surface area contributed by atoms with Crippen molar-refractivity contribution in [2.75, 3.05) is 20.2 Å². The van der Waals surface area contributed by atoms with Gasteiger partial charge in [-0.05, 0) is 46.4 Å². The van der Waals surface area contributed by atoms with Gasteiger partial charge >= 0.3 is 0 Å². The van der Waals surface area contributed by atoms with Gasteiger partial charge in [-0.3, -0.25) is 0 Å². The predicted octanol–water partition coefficient (Wildman–Crippen LogP) is 3.74. The van der Waals surface area contributed by atoms with E-state index in [-0.39, 0.29) is 12.0 Å². The quantitative estimate of drug-likeness (QED) is 0.827. The maximum atomic E-state index is 9.50. The monoisotopic (exact) mass is 319 g/mol. The Bertz CT molecular complexity index is 342. The van der Waals surface area contributed by atoms with Gasteiger partial charge in [0.2, 0.25) is 0 Å². The molecule has 1 N–H and O–H groups in total. The standard InChI is InChI=1S/C13H22BrNOS/c1-4-5-13(2,10-16)9-15(3)7-11-6-12(14)17-8-11/h6,8,16H,4-5,7,9-10H2,1-3H3. The molecule has 98 valence electrons. The third-order valence-electron chi connectivity index (χ3n) is 2.96. The fourth-order valence-electron chi connectivity index (χ4n) is 2.26. The molecule has 17 heavy (non-hydrogen) atoms. The van der Waals surface area contributed by atoms with Crippen LogP contribution < -0.4 is 0 Å². The second-order valence-electron chi connectivity index (χ2n) is 5.15. The van der Waals surface area contributed by atoms with E-state index in [9.17, 15) is 5.11 Å². The zero-order valence-electron chi connectivity index (χ0n) is 10.9. The third-order valence-corrected chi connectivity index (χ3v) is 4.51. The predicted molar refractivity (Wildman–Crippen MR) is 78.5 cm³/mol. The van der Waals surface area contributed by atoms with Gasteiger partial charge < -0.3 is 10.0 Å². The summed E-state index contributed by atoms with van der Waals surface area (Å²) < 4.78 is 1.18. The Labute approximate surface area is 117 Å². The Morgan fingerprint density at radius 3 is 2.71 bits per heavy atom. The van der Waals surface area contributed by atoms with E-state index in [1.807, 2.05) is 0 Å². The molecule has 0 saturated heterocycles. The summed E-state index contributed by atoms with van der Waals surface area (Å²) in [5, 5.41) is 11.7. The van der Waals surface area contributed by atoms with Crippen LogP contribution in [0.4, 0.5) is 0 Å². The molecule has 1 heterocycles. The van der Waals surface area contributed by atoms with Gasteiger partial charge in [0.25, 0.3) is 0 Å². The van der Waals surface area contributed by atoms with Gasteiger partial charge in [0.15, 0.2) is 0 Å². The molecule has 0 spiro atoms. The topological polar surface area (TPSA) is 23.5 Å². The lowest BCUT2D eigenvalue weighted by atomic mass is 9.86. The van der Waals surface area contributed by atoms with E-state index in [0.717, 1.165) is 25.9 Å². The first-order valence-electron chi connectivity index (χ1n) is 6.01. The van der Waals surface area contributed by atoms with Gasteiger partial charge in [-0.1, -0.05) is 20.3 Å². The molecule has 0 bridgehead atoms. The van der Waals surface area contributed by atoms with Crippen molar-refractivity contribution >= 4 is 27.3 Å². The second-order valence-corrected chi connectivity index (χ2v) is 7.44. The van der Waals surface area contributed by atoms with Crippen molar-refractivity contribution in [2.45, 2.75) is 33.2 Å². The zero-order valence-corrected chi connectivity index (χ0v) is 13.3. The number of aliphatic hydroxyl groups is 1. The van der Waals surface area contributed by atoms with Crippen molar-refractivity contribution in [1.29, 1.82) is 0 Å². The number of rotatable bonds is 7. The summed E-state index contributed by atoms with van der Waals surface area (Å²) in [6, 6.07) is 2.16. The molecule has 0 saturated carbocycles. The van der Waals surface area contributed by atoms with Gasteiger partial charge in [0.1, 0.15) is 0 Å². The molecule has 1 unspecified atom stereocenters. The van der Waals surface area contributed by atoms with E-state index in [1.165, 1.54) is 9.35 Å². The van der Waals surface area contributed by atoms with E-state index in [4.69, 9.17) is 0 Å². The summed E-state index contributed by atoms with van der Waals surface area (Å²) in [7, 11) is 2.12. The lowest BCUT2D eigenvalue weighted by molar-refractivity contribution is 0.0879. The Balaban J connectivity index is 2.50. The van der Waals surface area contributed by atoms with Crippen LogP contribution >= 0.6 is 27.3 Å². The minimum atomic E-state index is 0.0246. The number of aliphatic hydroxyl groups excluding tert-OH is 1. The highest BCUT2D eigenvalue weighted by Gasteiger charge is 2.24. The molecule has 0 amide bonds. The van der Waals surface area contributed by atoms with E-state index in [1.54, 1.807) is 11.3 Å². The molecule has 2 nitrogen and oxygen atoms in total. The number of nitrogens with zero attached hydrogens (tertiary/aromatic N) is 1. The van der Waals surface area contributed by atoms with Gasteiger partial charge in [0, 0.05) is 25.1 Å². The molecule has 0 aliphatic heterocycles. The summed E-state index contributed by atoms with van der Waals surface area (Å²) in [6.07, 6.45) is 2.19. The van der Waals surface area contributed by atoms with Crippen LogP contribution in [0.15, 0.2) is 15.2 Å². The van der Waals surface area contributed by atoms with Gasteiger partial charge in [-0.2, -0.15) is 0 Å². The highest BCUT2D eigenvalue weighted by molar-refractivity contribution is 9.11. The lowest BCUT2D eigenvalue weighted by Crippen LogP contribution is -2.35. The van der Waals surface area contributed by atoms with E-state index in [0.29, 0.717) is 0 Å². The summed E-state index contributed by atoms with van der Waals surface area (Å²) in [5.41, 5.74) is 1.36. The molecule has 0 aromatic carbocycles. The van der Waals surface area contributed by atoms with Crippen LogP contribution in [0.25, 0.3) is 0 Å². The van der Waals surface area contributed by atoms with Crippen molar-refractivity contribution < 1.29 is 5.11 Å². The van der Waals surface area contributed by atoms with E-state index < -0.39 is 0 Å². The summed E-state index contributed by atoms with van der Waals surface area (Å²) in [4.78, 5) is 2.29. The molecule has 1 rings (SSSR count). The Morgan fingerprint density at radius 1 is 1.53 bits per heavy atom. The smallest absolute Gasteiger partial charge is 0.0701 e. The first-order valence-corrected chi connectivity index (χ1v) is 7.68. The maximum Gasteiger partial charge on any atom is 0.0701 e. The summed E-state index contributed by atoms with van der Waals surface area (Å²) >= 11 is 5.20. The molecule has 0 fully saturated rings. The van der Waals surface area contributed by atoms with Crippen molar-refractivity contribution in [3.8, 4) is 0 Å². The van der Waals surface area contributed by atoms with Crippen LogP contribution in [-0.2, 0) is 6.54 Å². The Kier molecular flexibility index (Phi) is 6.13. The van der Waals surface area contributed by atoms with Crippen LogP contribution in [0.3, 0.4) is 0 Å². The molecular weight excluding hydrogens is 298 g/mol. The number of hydrogen-bond donors (Lipinski definition) is 1. The molecule has 4 heteroatoms. The fraction of sp³-hybridized carbons (Fsp3) is 0.692. The average Bonchev–Trinajstić information content (AvgIpc) is 2.64. The molecule has 1 aromatic heterocycles. The first-order chi connectivity index (χ1) is 7.99. The highest BCUT2D eigenvalue weighted by atomic mass is 79.9. The van der Waals surface area contributed by atoms with Gasteiger partial charge in [-0.15, -0.1) is 11.3 Å². The molecule has 0 aliphatic carbocycles. The molecule has 1 atom stereocenters. The maximum absolute atomic E-state index is 9.50. The van der Waals surface area contributed by atoms with Crippen molar-refractivity contribution in [3.63, 3.8) is 0 Å². The van der Waals surface area contributed by atoms with Crippen LogP contribution in [0, 0.1) is 5.41 Å². The molecular formula is C13H22BrNOS. The number of thiophene rings is 1. The fourth-order valence-corrected chi connectivity index (χ4v) is 3.46. The second kappa shape index (κ2) is 6.88. The van der Waals surface area contributed by atoms with E-state index in [2.05, 4.69) is 53.2 Å². The normalized spacial score (nSPS) is 15.2. The average molecular weight is 320 g/mol. The highest BCUT2D eigenvalue weighted by Crippen LogP contribution is 2.26. The zero-order chi connectivity index (χ0) is 12.9. The van der Waals surface area contributed by atoms with E-state index >= 15 is 0 Å². The Morgan fingerprint density at radius 2 is 2.24 bits per heavy atom.